The van der Waals surface area contributed by atoms with Gasteiger partial charge >= 0.3 is 0 Å². The molecule has 3 amide bonds. The zero-order valence-corrected chi connectivity index (χ0v) is 19.9. The molecule has 1 N–H and O–H groups in total. The highest BCUT2D eigenvalue weighted by Crippen LogP contribution is 2.44. The lowest BCUT2D eigenvalue weighted by Crippen LogP contribution is -2.35. The molecular formula is C24H23N3O4S2. The van der Waals surface area contributed by atoms with E-state index in [0.717, 1.165) is 17.3 Å². The van der Waals surface area contributed by atoms with Crippen LogP contribution in [0, 0.1) is 6.92 Å². The smallest absolute Gasteiger partial charge is 0.267 e. The fourth-order valence-corrected chi connectivity index (χ4v) is 5.21. The summed E-state index contributed by atoms with van der Waals surface area (Å²) in [5, 5.41) is 2.84. The maximum Gasteiger partial charge on any atom is 0.267 e. The maximum absolute atomic E-state index is 13.5. The Kier molecular flexibility index (Phi) is 6.92. The Morgan fingerprint density at radius 2 is 1.88 bits per heavy atom. The minimum absolute atomic E-state index is 0.165. The number of amides is 3. The molecule has 1 fully saturated rings. The van der Waals surface area contributed by atoms with E-state index in [0.29, 0.717) is 51.3 Å². The van der Waals surface area contributed by atoms with Crippen LogP contribution in [0.15, 0.2) is 53.4 Å². The number of aryl methyl sites for hydroxylation is 1. The highest BCUT2D eigenvalue weighted by Gasteiger charge is 2.42. The number of hydrogen-bond donors (Lipinski definition) is 1. The highest BCUT2D eigenvalue weighted by molar-refractivity contribution is 8.26. The molecule has 0 spiro atoms. The number of benzene rings is 2. The summed E-state index contributed by atoms with van der Waals surface area (Å²) in [5.74, 6) is -0.990. The normalized spacial score (nSPS) is 17.7. The molecule has 2 aliphatic rings. The number of anilines is 2. The topological polar surface area (TPSA) is 79.0 Å². The molecule has 7 nitrogen and oxygen atoms in total. The summed E-state index contributed by atoms with van der Waals surface area (Å²) in [4.78, 5) is 42.5. The van der Waals surface area contributed by atoms with Gasteiger partial charge in [0.1, 0.15) is 10.9 Å². The van der Waals surface area contributed by atoms with Gasteiger partial charge in [-0.15, -0.1) is 0 Å². The summed E-state index contributed by atoms with van der Waals surface area (Å²) in [6, 6.07) is 14.6. The second-order valence-corrected chi connectivity index (χ2v) is 9.35. The molecule has 0 radical (unpaired) electrons. The van der Waals surface area contributed by atoms with Crippen LogP contribution in [-0.2, 0) is 19.1 Å². The molecule has 2 heterocycles. The summed E-state index contributed by atoms with van der Waals surface area (Å²) in [6.45, 7) is 2.71. The van der Waals surface area contributed by atoms with Crippen molar-refractivity contribution in [3.8, 4) is 0 Å². The van der Waals surface area contributed by atoms with Gasteiger partial charge in [0.25, 0.3) is 11.8 Å². The lowest BCUT2D eigenvalue weighted by atomic mass is 10.1. The molecule has 0 atom stereocenters. The van der Waals surface area contributed by atoms with Crippen LogP contribution in [0.25, 0.3) is 5.57 Å². The number of rotatable bonds is 7. The lowest BCUT2D eigenvalue weighted by molar-refractivity contribution is -0.122. The van der Waals surface area contributed by atoms with Gasteiger partial charge in [0, 0.05) is 31.5 Å². The van der Waals surface area contributed by atoms with E-state index in [4.69, 9.17) is 17.0 Å². The first-order valence-corrected chi connectivity index (χ1v) is 11.7. The first-order valence-electron chi connectivity index (χ1n) is 10.5. The Morgan fingerprint density at radius 3 is 2.64 bits per heavy atom. The van der Waals surface area contributed by atoms with Crippen molar-refractivity contribution in [1.29, 1.82) is 0 Å². The van der Waals surface area contributed by atoms with Crippen LogP contribution in [0.2, 0.25) is 0 Å². The third-order valence-electron chi connectivity index (χ3n) is 5.33. The number of methoxy groups -OCH3 is 1. The molecule has 2 aromatic rings. The first kappa shape index (κ1) is 23.2. The molecule has 0 aliphatic carbocycles. The Hall–Kier alpha value is -3.01. The van der Waals surface area contributed by atoms with Crippen LogP contribution >= 0.6 is 24.0 Å². The third kappa shape index (κ3) is 4.71. The summed E-state index contributed by atoms with van der Waals surface area (Å²) < 4.78 is 5.48. The van der Waals surface area contributed by atoms with E-state index >= 15 is 0 Å². The number of ether oxygens (including phenoxy) is 1. The fourth-order valence-electron chi connectivity index (χ4n) is 3.83. The summed E-state index contributed by atoms with van der Waals surface area (Å²) >= 11 is 6.53. The zero-order valence-electron chi connectivity index (χ0n) is 18.3. The minimum Gasteiger partial charge on any atom is -0.385 e. The van der Waals surface area contributed by atoms with E-state index in [9.17, 15) is 14.4 Å². The molecule has 0 saturated carbocycles. The van der Waals surface area contributed by atoms with Gasteiger partial charge in [-0.3, -0.25) is 24.2 Å². The summed E-state index contributed by atoms with van der Waals surface area (Å²) in [5.41, 5.74) is 3.20. The van der Waals surface area contributed by atoms with Crippen LogP contribution in [-0.4, -0.2) is 53.7 Å². The molecule has 0 unspecified atom stereocenters. The number of carbonyl (C=O) groups is 3. The number of nitrogens with one attached hydrogen (secondary N) is 1. The number of carbonyl (C=O) groups excluding carboxylic acids is 3. The Morgan fingerprint density at radius 1 is 1.09 bits per heavy atom. The quantitative estimate of drug-likeness (QED) is 0.370. The molecule has 2 aliphatic heterocycles. The Labute approximate surface area is 201 Å². The highest BCUT2D eigenvalue weighted by atomic mass is 32.2. The van der Waals surface area contributed by atoms with Crippen LogP contribution in [0.1, 0.15) is 17.5 Å². The third-order valence-corrected chi connectivity index (χ3v) is 6.78. The van der Waals surface area contributed by atoms with Gasteiger partial charge < -0.3 is 10.1 Å². The molecule has 170 valence electrons. The second kappa shape index (κ2) is 9.86. The van der Waals surface area contributed by atoms with Crippen molar-refractivity contribution in [2.24, 2.45) is 0 Å². The lowest BCUT2D eigenvalue weighted by Gasteiger charge is -2.17. The molecule has 1 saturated heterocycles. The number of thiocarbonyl (C=S) groups is 1. The van der Waals surface area contributed by atoms with E-state index in [2.05, 4.69) is 5.32 Å². The van der Waals surface area contributed by atoms with Crippen molar-refractivity contribution >= 4 is 63.0 Å². The molecule has 0 aromatic heterocycles. The Bertz CT molecular complexity index is 1180. The van der Waals surface area contributed by atoms with Crippen molar-refractivity contribution in [2.45, 2.75) is 13.3 Å². The standard InChI is InChI=1S/C24H23N3O4S2/c1-15-7-5-8-16(13-15)25-19(28)14-27-18-10-4-3-9-17(18)20(22(27)29)21-23(30)26(24(32)33-21)11-6-12-31-2/h3-5,7-10,13H,6,11-12,14H2,1-2H3,(H,25,28)/b21-20+. The largest absolute Gasteiger partial charge is 0.385 e. The van der Waals surface area contributed by atoms with Gasteiger partial charge in [-0.25, -0.2) is 0 Å². The van der Waals surface area contributed by atoms with Crippen molar-refractivity contribution in [3.63, 3.8) is 0 Å². The monoisotopic (exact) mass is 481 g/mol. The molecule has 9 heteroatoms. The van der Waals surface area contributed by atoms with Gasteiger partial charge in [-0.2, -0.15) is 0 Å². The number of para-hydroxylation sites is 1. The van der Waals surface area contributed by atoms with E-state index < -0.39 is 0 Å². The van der Waals surface area contributed by atoms with Crippen LogP contribution in [0.5, 0.6) is 0 Å². The number of fused-ring (bicyclic) bond motifs is 1. The number of nitrogens with zero attached hydrogens (tertiary/aromatic N) is 2. The first-order chi connectivity index (χ1) is 15.9. The van der Waals surface area contributed by atoms with E-state index in [1.807, 2.05) is 31.2 Å². The average molecular weight is 482 g/mol. The van der Waals surface area contributed by atoms with Crippen molar-refractivity contribution in [1.82, 2.24) is 4.90 Å². The number of thioether (sulfide) groups is 1. The van der Waals surface area contributed by atoms with Gasteiger partial charge in [0.15, 0.2) is 0 Å². The minimum atomic E-state index is -0.381. The van der Waals surface area contributed by atoms with E-state index in [1.165, 1.54) is 9.80 Å². The maximum atomic E-state index is 13.5. The summed E-state index contributed by atoms with van der Waals surface area (Å²) in [6.07, 6.45) is 0.640. The molecule has 2 aromatic carbocycles. The number of hydrogen-bond acceptors (Lipinski definition) is 6. The fraction of sp³-hybridized carbons (Fsp3) is 0.250. The van der Waals surface area contributed by atoms with E-state index in [1.54, 1.807) is 31.4 Å². The zero-order chi connectivity index (χ0) is 23.5. The van der Waals surface area contributed by atoms with Crippen LogP contribution in [0.4, 0.5) is 11.4 Å². The van der Waals surface area contributed by atoms with Crippen molar-refractivity contribution < 1.29 is 19.1 Å². The molecular weight excluding hydrogens is 458 g/mol. The predicted octanol–water partition coefficient (Wildman–Crippen LogP) is 3.59. The van der Waals surface area contributed by atoms with Gasteiger partial charge in [-0.1, -0.05) is 54.3 Å². The van der Waals surface area contributed by atoms with Crippen LogP contribution in [0.3, 0.4) is 0 Å². The van der Waals surface area contributed by atoms with Crippen LogP contribution < -0.4 is 10.2 Å². The predicted molar refractivity (Wildman–Crippen MR) is 134 cm³/mol. The SMILES string of the molecule is COCCCN1C(=O)/C(=C2\C(=O)N(CC(=O)Nc3cccc(C)c3)c3ccccc32)SC1=S. The van der Waals surface area contributed by atoms with Gasteiger partial charge in [0.05, 0.1) is 16.2 Å². The second-order valence-electron chi connectivity index (χ2n) is 7.70. The van der Waals surface area contributed by atoms with Crippen molar-refractivity contribution in [2.75, 3.05) is 37.0 Å². The molecule has 33 heavy (non-hydrogen) atoms. The molecule has 4 rings (SSSR count). The van der Waals surface area contributed by atoms with Crippen molar-refractivity contribution in [3.05, 3.63) is 64.6 Å². The Balaban J connectivity index is 1.60. The average Bonchev–Trinajstić information content (AvgIpc) is 3.21. The van der Waals surface area contributed by atoms with Gasteiger partial charge in [-0.05, 0) is 37.1 Å². The van der Waals surface area contributed by atoms with Gasteiger partial charge in [0.2, 0.25) is 5.91 Å². The summed E-state index contributed by atoms with van der Waals surface area (Å²) in [7, 11) is 1.60. The van der Waals surface area contributed by atoms with E-state index in [-0.39, 0.29) is 24.3 Å². The molecule has 0 bridgehead atoms.